The number of aliphatic imine (C=N–C) groups is 1. The molecule has 0 aliphatic carbocycles. The maximum absolute atomic E-state index is 13.4. The molecule has 1 heterocycles. The van der Waals surface area contributed by atoms with Crippen molar-refractivity contribution in [1.82, 2.24) is 9.73 Å². The van der Waals surface area contributed by atoms with Crippen LogP contribution in [0.5, 0.6) is 11.5 Å². The molecule has 0 fully saturated rings. The number of nitrogens with zero attached hydrogens (tertiary/aromatic N) is 3. The largest absolute Gasteiger partial charge is 0.493 e. The number of sulfonamides is 1. The third-order valence-corrected chi connectivity index (χ3v) is 7.55. The molecule has 204 valence electrons. The average molecular weight is 571 g/mol. The van der Waals surface area contributed by atoms with E-state index in [1.807, 2.05) is 42.5 Å². The lowest BCUT2D eigenvalue weighted by molar-refractivity contribution is -0.138. The summed E-state index contributed by atoms with van der Waals surface area (Å²) >= 11 is 6.10. The quantitative estimate of drug-likeness (QED) is 0.249. The molecule has 1 aliphatic heterocycles. The first-order valence-corrected chi connectivity index (χ1v) is 13.6. The van der Waals surface area contributed by atoms with Gasteiger partial charge in [0.05, 0.1) is 38.5 Å². The molecule has 0 spiro atoms. The fourth-order valence-electron chi connectivity index (χ4n) is 4.00. The van der Waals surface area contributed by atoms with Crippen LogP contribution in [0.4, 0.5) is 0 Å². The molecule has 0 saturated carbocycles. The predicted molar refractivity (Wildman–Crippen MR) is 148 cm³/mol. The number of nitrogens with one attached hydrogen (secondary N) is 1. The first kappa shape index (κ1) is 27.9. The lowest BCUT2D eigenvalue weighted by atomic mass is 9.91. The molecule has 3 aromatic carbocycles. The zero-order valence-corrected chi connectivity index (χ0v) is 23.1. The van der Waals surface area contributed by atoms with Crippen LogP contribution in [0.2, 0.25) is 5.02 Å². The van der Waals surface area contributed by atoms with Crippen LogP contribution in [0.25, 0.3) is 0 Å². The second-order valence-corrected chi connectivity index (χ2v) is 10.5. The summed E-state index contributed by atoms with van der Waals surface area (Å²) < 4.78 is 44.5. The summed E-state index contributed by atoms with van der Waals surface area (Å²) in [6.45, 7) is -0.158. The second kappa shape index (κ2) is 12.2. The Morgan fingerprint density at radius 2 is 1.72 bits per heavy atom. The number of esters is 1. The summed E-state index contributed by atoms with van der Waals surface area (Å²) in [5.41, 5.74) is 2.48. The molecule has 39 heavy (non-hydrogen) atoms. The Bertz CT molecular complexity index is 1490. The summed E-state index contributed by atoms with van der Waals surface area (Å²) in [5.74, 6) is -0.389. The molecule has 1 unspecified atom stereocenters. The molecule has 3 aromatic rings. The number of carbonyl (C=O) groups excluding carboxylic acids is 1. The minimum absolute atomic E-state index is 0.0911. The zero-order chi connectivity index (χ0) is 28.0. The SMILES string of the molecule is COC(=O)CN=C(NS(=O)(=O)c1ccc(OC)c(OC)c1)N1CC(c2ccccc2)C(c2ccc(Cl)cc2)=N1. The highest BCUT2D eigenvalue weighted by Gasteiger charge is 2.33. The van der Waals surface area contributed by atoms with Crippen molar-refractivity contribution >= 4 is 39.3 Å². The number of hydrogen-bond donors (Lipinski definition) is 1. The summed E-state index contributed by atoms with van der Waals surface area (Å²) in [6.07, 6.45) is 0. The summed E-state index contributed by atoms with van der Waals surface area (Å²) in [4.78, 5) is 16.1. The molecule has 0 bridgehead atoms. The van der Waals surface area contributed by atoms with E-state index in [4.69, 9.17) is 30.9 Å². The molecule has 12 heteroatoms. The van der Waals surface area contributed by atoms with Crippen LogP contribution < -0.4 is 14.2 Å². The zero-order valence-electron chi connectivity index (χ0n) is 21.5. The Hall–Kier alpha value is -4.09. The fraction of sp³-hybridized carbons (Fsp3) is 0.222. The van der Waals surface area contributed by atoms with E-state index in [9.17, 15) is 13.2 Å². The van der Waals surface area contributed by atoms with Crippen LogP contribution in [0.15, 0.2) is 87.8 Å². The topological polar surface area (TPSA) is 119 Å². The Labute approximate surface area is 231 Å². The summed E-state index contributed by atoms with van der Waals surface area (Å²) in [5, 5.41) is 6.75. The Morgan fingerprint density at radius 3 is 2.36 bits per heavy atom. The van der Waals surface area contributed by atoms with Gasteiger partial charge in [-0.15, -0.1) is 0 Å². The lowest BCUT2D eigenvalue weighted by Gasteiger charge is -2.20. The Morgan fingerprint density at radius 1 is 1.03 bits per heavy atom. The van der Waals surface area contributed by atoms with E-state index in [0.29, 0.717) is 16.5 Å². The first-order valence-electron chi connectivity index (χ1n) is 11.8. The Balaban J connectivity index is 1.74. The maximum Gasteiger partial charge on any atom is 0.327 e. The summed E-state index contributed by atoms with van der Waals surface area (Å²) in [7, 11) is -0.0885. The van der Waals surface area contributed by atoms with Crippen molar-refractivity contribution in [3.63, 3.8) is 0 Å². The van der Waals surface area contributed by atoms with Gasteiger partial charge in [-0.3, -0.25) is 4.79 Å². The highest BCUT2D eigenvalue weighted by Crippen LogP contribution is 2.31. The van der Waals surface area contributed by atoms with Crippen molar-refractivity contribution in [2.75, 3.05) is 34.4 Å². The standard InChI is InChI=1S/C27H27ClN4O6S/c1-36-23-14-13-21(15-24(23)37-2)39(34,35)31-27(29-16-25(33)38-3)32-17-22(18-7-5-4-6-8-18)26(30-32)19-9-11-20(28)12-10-19/h4-15,22H,16-17H2,1-3H3,(H,29,31). The number of ether oxygens (including phenoxy) is 3. The maximum atomic E-state index is 13.4. The normalized spacial score (nSPS) is 15.5. The van der Waals surface area contributed by atoms with Gasteiger partial charge in [0.25, 0.3) is 10.0 Å². The van der Waals surface area contributed by atoms with Crippen molar-refractivity contribution in [2.24, 2.45) is 10.1 Å². The van der Waals surface area contributed by atoms with Gasteiger partial charge in [-0.1, -0.05) is 54.1 Å². The van der Waals surface area contributed by atoms with E-state index in [-0.39, 0.29) is 29.1 Å². The van der Waals surface area contributed by atoms with Crippen molar-refractivity contribution < 1.29 is 27.4 Å². The van der Waals surface area contributed by atoms with Gasteiger partial charge in [0.15, 0.2) is 11.5 Å². The van der Waals surface area contributed by atoms with Crippen LogP contribution in [0.3, 0.4) is 0 Å². The van der Waals surface area contributed by atoms with Crippen molar-refractivity contribution in [1.29, 1.82) is 0 Å². The fourth-order valence-corrected chi connectivity index (χ4v) is 5.16. The number of hydrogen-bond acceptors (Lipinski definition) is 8. The van der Waals surface area contributed by atoms with Gasteiger partial charge in [-0.05, 0) is 35.4 Å². The van der Waals surface area contributed by atoms with E-state index >= 15 is 0 Å². The molecule has 1 atom stereocenters. The predicted octanol–water partition coefficient (Wildman–Crippen LogP) is 3.67. The highest BCUT2D eigenvalue weighted by molar-refractivity contribution is 7.90. The third kappa shape index (κ3) is 6.50. The smallest absolute Gasteiger partial charge is 0.327 e. The van der Waals surface area contributed by atoms with Gasteiger partial charge in [-0.2, -0.15) is 5.10 Å². The van der Waals surface area contributed by atoms with Crippen molar-refractivity contribution in [3.05, 3.63) is 88.9 Å². The molecular formula is C27H27ClN4O6S. The van der Waals surface area contributed by atoms with E-state index in [1.165, 1.54) is 44.5 Å². The second-order valence-electron chi connectivity index (χ2n) is 8.38. The number of rotatable bonds is 8. The van der Waals surface area contributed by atoms with Crippen LogP contribution in [0.1, 0.15) is 17.0 Å². The minimum atomic E-state index is -4.18. The van der Waals surface area contributed by atoms with E-state index in [2.05, 4.69) is 9.71 Å². The molecule has 0 radical (unpaired) electrons. The van der Waals surface area contributed by atoms with Gasteiger partial charge in [-0.25, -0.2) is 23.1 Å². The van der Waals surface area contributed by atoms with Crippen molar-refractivity contribution in [3.8, 4) is 11.5 Å². The molecule has 10 nitrogen and oxygen atoms in total. The first-order chi connectivity index (χ1) is 18.7. The van der Waals surface area contributed by atoms with E-state index in [1.54, 1.807) is 12.1 Å². The third-order valence-electron chi connectivity index (χ3n) is 5.98. The number of carbonyl (C=O) groups is 1. The molecule has 0 amide bonds. The van der Waals surface area contributed by atoms with Crippen LogP contribution in [0, 0.1) is 0 Å². The number of guanidine groups is 1. The average Bonchev–Trinajstić information content (AvgIpc) is 3.41. The number of hydrazone groups is 1. The van der Waals surface area contributed by atoms with Gasteiger partial charge in [0.1, 0.15) is 6.54 Å². The van der Waals surface area contributed by atoms with Crippen LogP contribution in [-0.2, 0) is 19.6 Å². The van der Waals surface area contributed by atoms with E-state index in [0.717, 1.165) is 11.1 Å². The van der Waals surface area contributed by atoms with Gasteiger partial charge in [0.2, 0.25) is 5.96 Å². The molecule has 1 aliphatic rings. The number of halogens is 1. The monoisotopic (exact) mass is 570 g/mol. The Kier molecular flexibility index (Phi) is 8.72. The van der Waals surface area contributed by atoms with E-state index < -0.39 is 22.5 Å². The van der Waals surface area contributed by atoms with Gasteiger partial charge < -0.3 is 14.2 Å². The van der Waals surface area contributed by atoms with Gasteiger partial charge in [0, 0.05) is 17.0 Å². The molecule has 0 saturated heterocycles. The lowest BCUT2D eigenvalue weighted by Crippen LogP contribution is -2.41. The molecule has 1 N–H and O–H groups in total. The molecule has 0 aromatic heterocycles. The van der Waals surface area contributed by atoms with Crippen molar-refractivity contribution in [2.45, 2.75) is 10.8 Å². The van der Waals surface area contributed by atoms with Crippen LogP contribution in [-0.4, -0.2) is 65.5 Å². The number of methoxy groups -OCH3 is 3. The highest BCUT2D eigenvalue weighted by atomic mass is 35.5. The molecule has 4 rings (SSSR count). The summed E-state index contributed by atoms with van der Waals surface area (Å²) in [6, 6.07) is 21.1. The molecular weight excluding hydrogens is 544 g/mol. The number of benzene rings is 3. The van der Waals surface area contributed by atoms with Gasteiger partial charge >= 0.3 is 5.97 Å². The minimum Gasteiger partial charge on any atom is -0.493 e. The van der Waals surface area contributed by atoms with Crippen LogP contribution >= 0.6 is 11.6 Å².